The Morgan fingerprint density at radius 3 is 2.32 bits per heavy atom. The molecule has 0 bridgehead atoms. The van der Waals surface area contributed by atoms with E-state index in [1.807, 2.05) is 25.7 Å². The van der Waals surface area contributed by atoms with Crippen molar-refractivity contribution >= 4 is 23.7 Å². The zero-order chi connectivity index (χ0) is 24.9. The highest BCUT2D eigenvalue weighted by molar-refractivity contribution is 5.94. The standard InChI is InChI=1S/C25H33N3O6/c1-16-7-6-8-17(2)28(16)23(30)15-32-19-11-9-18(10-12-19)24(31)33-14-21(29)26-22-13-20(27-34-22)25(3,4)5/h9-13,16-17H,6-8,14-15H2,1-5H3,(H,26,29). The average Bonchev–Trinajstić information content (AvgIpc) is 3.25. The van der Waals surface area contributed by atoms with Gasteiger partial charge < -0.3 is 18.9 Å². The number of piperidine rings is 1. The third-order valence-corrected chi connectivity index (χ3v) is 5.81. The number of likely N-dealkylation sites (tertiary alicyclic amines) is 1. The minimum atomic E-state index is -0.651. The summed E-state index contributed by atoms with van der Waals surface area (Å²) in [7, 11) is 0. The topological polar surface area (TPSA) is 111 Å². The van der Waals surface area contributed by atoms with E-state index < -0.39 is 18.5 Å². The molecule has 1 aromatic carbocycles. The van der Waals surface area contributed by atoms with E-state index in [9.17, 15) is 14.4 Å². The van der Waals surface area contributed by atoms with Gasteiger partial charge in [-0.2, -0.15) is 0 Å². The molecule has 1 aliphatic heterocycles. The number of nitrogens with zero attached hydrogens (tertiary/aromatic N) is 2. The fourth-order valence-corrected chi connectivity index (χ4v) is 3.90. The second-order valence-corrected chi connectivity index (χ2v) is 9.69. The zero-order valence-corrected chi connectivity index (χ0v) is 20.4. The van der Waals surface area contributed by atoms with Crippen LogP contribution in [-0.2, 0) is 19.7 Å². The van der Waals surface area contributed by atoms with Gasteiger partial charge in [-0.05, 0) is 57.4 Å². The van der Waals surface area contributed by atoms with Gasteiger partial charge in [0.1, 0.15) is 5.75 Å². The molecule has 2 atom stereocenters. The number of ether oxygens (including phenoxy) is 2. The summed E-state index contributed by atoms with van der Waals surface area (Å²) < 4.78 is 15.8. The molecular weight excluding hydrogens is 438 g/mol. The van der Waals surface area contributed by atoms with Crippen LogP contribution in [0.2, 0.25) is 0 Å². The number of esters is 1. The van der Waals surface area contributed by atoms with Crippen LogP contribution in [0.1, 0.15) is 69.9 Å². The minimum absolute atomic E-state index is 0.0458. The van der Waals surface area contributed by atoms with Crippen molar-refractivity contribution in [3.63, 3.8) is 0 Å². The quantitative estimate of drug-likeness (QED) is 0.609. The van der Waals surface area contributed by atoms with Gasteiger partial charge in [-0.3, -0.25) is 14.9 Å². The average molecular weight is 472 g/mol. The van der Waals surface area contributed by atoms with E-state index in [1.165, 1.54) is 12.1 Å². The zero-order valence-electron chi connectivity index (χ0n) is 20.4. The molecule has 1 N–H and O–H groups in total. The molecule has 9 nitrogen and oxygen atoms in total. The van der Waals surface area contributed by atoms with Crippen molar-refractivity contribution in [2.75, 3.05) is 18.5 Å². The third-order valence-electron chi connectivity index (χ3n) is 5.81. The van der Waals surface area contributed by atoms with Crippen molar-refractivity contribution in [1.82, 2.24) is 10.1 Å². The van der Waals surface area contributed by atoms with Gasteiger partial charge in [0.15, 0.2) is 13.2 Å². The summed E-state index contributed by atoms with van der Waals surface area (Å²) in [5.74, 6) is -0.572. The molecule has 0 radical (unpaired) electrons. The van der Waals surface area contributed by atoms with Crippen LogP contribution in [0.25, 0.3) is 0 Å². The van der Waals surface area contributed by atoms with E-state index in [0.717, 1.165) is 19.3 Å². The lowest BCUT2D eigenvalue weighted by Crippen LogP contribution is -2.49. The molecule has 0 spiro atoms. The molecule has 9 heteroatoms. The van der Waals surface area contributed by atoms with Crippen LogP contribution in [-0.4, -0.2) is 53.1 Å². The lowest BCUT2D eigenvalue weighted by atomic mass is 9.92. The molecule has 1 fully saturated rings. The Kier molecular flexibility index (Phi) is 7.96. The molecule has 184 valence electrons. The van der Waals surface area contributed by atoms with Crippen LogP contribution >= 0.6 is 0 Å². The Balaban J connectivity index is 1.45. The summed E-state index contributed by atoms with van der Waals surface area (Å²) >= 11 is 0. The monoisotopic (exact) mass is 471 g/mol. The number of hydrogen-bond acceptors (Lipinski definition) is 7. The van der Waals surface area contributed by atoms with Gasteiger partial charge in [-0.15, -0.1) is 0 Å². The number of anilines is 1. The van der Waals surface area contributed by atoms with E-state index >= 15 is 0 Å². The lowest BCUT2D eigenvalue weighted by molar-refractivity contribution is -0.139. The minimum Gasteiger partial charge on any atom is -0.484 e. The number of amides is 2. The predicted octanol–water partition coefficient (Wildman–Crippen LogP) is 3.94. The van der Waals surface area contributed by atoms with Gasteiger partial charge >= 0.3 is 5.97 Å². The van der Waals surface area contributed by atoms with Gasteiger partial charge in [0.2, 0.25) is 5.88 Å². The largest absolute Gasteiger partial charge is 0.484 e. The molecule has 1 saturated heterocycles. The van der Waals surface area contributed by atoms with Gasteiger partial charge in [0, 0.05) is 23.6 Å². The fourth-order valence-electron chi connectivity index (χ4n) is 3.90. The normalized spacial score (nSPS) is 18.3. The van der Waals surface area contributed by atoms with Crippen molar-refractivity contribution in [2.45, 2.75) is 71.4 Å². The molecule has 34 heavy (non-hydrogen) atoms. The molecule has 2 aromatic rings. The van der Waals surface area contributed by atoms with E-state index in [-0.39, 0.29) is 41.5 Å². The number of aromatic nitrogens is 1. The maximum Gasteiger partial charge on any atom is 0.338 e. The number of hydrogen-bond donors (Lipinski definition) is 1. The second-order valence-electron chi connectivity index (χ2n) is 9.69. The van der Waals surface area contributed by atoms with Crippen LogP contribution in [0.15, 0.2) is 34.9 Å². The molecule has 3 rings (SSSR count). The number of carbonyl (C=O) groups is 3. The van der Waals surface area contributed by atoms with Crippen LogP contribution < -0.4 is 10.1 Å². The number of rotatable bonds is 7. The highest BCUT2D eigenvalue weighted by Crippen LogP contribution is 2.24. The smallest absolute Gasteiger partial charge is 0.338 e. The number of benzene rings is 1. The van der Waals surface area contributed by atoms with Crippen molar-refractivity contribution in [3.05, 3.63) is 41.6 Å². The summed E-state index contributed by atoms with van der Waals surface area (Å²) in [6, 6.07) is 8.29. The van der Waals surface area contributed by atoms with E-state index in [4.69, 9.17) is 14.0 Å². The maximum absolute atomic E-state index is 12.6. The summed E-state index contributed by atoms with van der Waals surface area (Å²) in [4.78, 5) is 38.8. The summed E-state index contributed by atoms with van der Waals surface area (Å²) in [5.41, 5.74) is 0.746. The van der Waals surface area contributed by atoms with Crippen LogP contribution in [0.4, 0.5) is 5.88 Å². The van der Waals surface area contributed by atoms with Crippen molar-refractivity contribution < 1.29 is 28.4 Å². The Hall–Kier alpha value is -3.36. The summed E-state index contributed by atoms with van der Waals surface area (Å²) in [6.45, 7) is 9.51. The SMILES string of the molecule is CC1CCCC(C)N1C(=O)COc1ccc(C(=O)OCC(=O)Nc2cc(C(C)(C)C)no2)cc1. The molecule has 2 heterocycles. The fraction of sp³-hybridized carbons (Fsp3) is 0.520. The molecule has 1 aliphatic rings. The first-order valence-corrected chi connectivity index (χ1v) is 11.5. The Bertz CT molecular complexity index is 998. The Labute approximate surface area is 199 Å². The van der Waals surface area contributed by atoms with Gasteiger partial charge in [0.25, 0.3) is 11.8 Å². The van der Waals surface area contributed by atoms with Gasteiger partial charge in [-0.1, -0.05) is 25.9 Å². The molecule has 2 amide bonds. The molecule has 0 aliphatic carbocycles. The molecule has 0 saturated carbocycles. The van der Waals surface area contributed by atoms with Crippen LogP contribution in [0.5, 0.6) is 5.75 Å². The van der Waals surface area contributed by atoms with Crippen molar-refractivity contribution in [1.29, 1.82) is 0 Å². The van der Waals surface area contributed by atoms with Gasteiger partial charge in [0.05, 0.1) is 11.3 Å². The summed E-state index contributed by atoms with van der Waals surface area (Å²) in [6.07, 6.45) is 3.13. The van der Waals surface area contributed by atoms with Crippen LogP contribution in [0, 0.1) is 0 Å². The van der Waals surface area contributed by atoms with Crippen molar-refractivity contribution in [3.8, 4) is 5.75 Å². The first-order valence-electron chi connectivity index (χ1n) is 11.5. The van der Waals surface area contributed by atoms with Crippen molar-refractivity contribution in [2.24, 2.45) is 0 Å². The van der Waals surface area contributed by atoms with E-state index in [2.05, 4.69) is 24.3 Å². The first kappa shape index (κ1) is 25.3. The van der Waals surface area contributed by atoms with Gasteiger partial charge in [-0.25, -0.2) is 4.79 Å². The highest BCUT2D eigenvalue weighted by Gasteiger charge is 2.29. The molecule has 2 unspecified atom stereocenters. The first-order chi connectivity index (χ1) is 16.0. The Morgan fingerprint density at radius 1 is 1.09 bits per heavy atom. The maximum atomic E-state index is 12.6. The Morgan fingerprint density at radius 2 is 1.74 bits per heavy atom. The number of carbonyl (C=O) groups excluding carboxylic acids is 3. The van der Waals surface area contributed by atoms with Crippen LogP contribution in [0.3, 0.4) is 0 Å². The molecular formula is C25H33N3O6. The van der Waals surface area contributed by atoms with E-state index in [1.54, 1.807) is 18.2 Å². The highest BCUT2D eigenvalue weighted by atomic mass is 16.5. The third kappa shape index (κ3) is 6.59. The predicted molar refractivity (Wildman–Crippen MR) is 126 cm³/mol. The lowest BCUT2D eigenvalue weighted by Gasteiger charge is -2.38. The summed E-state index contributed by atoms with van der Waals surface area (Å²) in [5, 5.41) is 6.43. The number of nitrogens with one attached hydrogen (secondary N) is 1. The molecule has 1 aromatic heterocycles. The van der Waals surface area contributed by atoms with E-state index in [0.29, 0.717) is 11.4 Å². The second kappa shape index (κ2) is 10.7.